The van der Waals surface area contributed by atoms with Gasteiger partial charge in [0.1, 0.15) is 11.4 Å². The van der Waals surface area contributed by atoms with Crippen molar-refractivity contribution in [2.24, 2.45) is 0 Å². The van der Waals surface area contributed by atoms with E-state index < -0.39 is 0 Å². The van der Waals surface area contributed by atoms with Crippen molar-refractivity contribution in [1.82, 2.24) is 15.0 Å². The maximum atomic E-state index is 9.50. The molecule has 5 nitrogen and oxygen atoms in total. The van der Waals surface area contributed by atoms with Crippen LogP contribution in [0.5, 0.6) is 5.75 Å². The van der Waals surface area contributed by atoms with Gasteiger partial charge in [0, 0.05) is 0 Å². The first kappa shape index (κ1) is 15.2. The zero-order chi connectivity index (χ0) is 16.2. The number of phenolic OH excluding ortho intramolecular Hbond substituents is 1. The third kappa shape index (κ3) is 3.40. The highest BCUT2D eigenvalue weighted by atomic mass is 16.3. The van der Waals surface area contributed by atoms with Crippen LogP contribution in [-0.4, -0.2) is 25.2 Å². The predicted octanol–water partition coefficient (Wildman–Crippen LogP) is 2.56. The van der Waals surface area contributed by atoms with Crippen molar-refractivity contribution in [1.29, 1.82) is 0 Å². The van der Waals surface area contributed by atoms with Gasteiger partial charge in [-0.05, 0) is 49.6 Å². The van der Waals surface area contributed by atoms with Crippen LogP contribution in [0.3, 0.4) is 0 Å². The molecular formula is C18H19N3O2. The fraction of sp³-hybridized carbons (Fsp3) is 0.222. The number of nitrogens with zero attached hydrogens (tertiary/aromatic N) is 3. The number of hydrogen-bond acceptors (Lipinski definition) is 4. The maximum absolute atomic E-state index is 9.50. The molecule has 118 valence electrons. The third-order valence-corrected chi connectivity index (χ3v) is 3.86. The Kier molecular flexibility index (Phi) is 4.39. The molecule has 0 radical (unpaired) electrons. The van der Waals surface area contributed by atoms with Gasteiger partial charge in [0.15, 0.2) is 0 Å². The van der Waals surface area contributed by atoms with Crippen LogP contribution in [0.4, 0.5) is 0 Å². The molecule has 5 heteroatoms. The topological polar surface area (TPSA) is 71.2 Å². The second-order valence-corrected chi connectivity index (χ2v) is 5.55. The summed E-state index contributed by atoms with van der Waals surface area (Å²) >= 11 is 0. The van der Waals surface area contributed by atoms with Crippen LogP contribution < -0.4 is 0 Å². The molecule has 0 bridgehead atoms. The molecule has 0 fully saturated rings. The van der Waals surface area contributed by atoms with E-state index in [0.29, 0.717) is 5.69 Å². The fourth-order valence-electron chi connectivity index (χ4n) is 2.52. The van der Waals surface area contributed by atoms with Crippen LogP contribution in [0.25, 0.3) is 5.69 Å². The van der Waals surface area contributed by atoms with Gasteiger partial charge in [-0.3, -0.25) is 0 Å². The summed E-state index contributed by atoms with van der Waals surface area (Å²) in [6.45, 7) is 1.93. The molecule has 0 aliphatic rings. The van der Waals surface area contributed by atoms with Crippen molar-refractivity contribution < 1.29 is 10.2 Å². The first-order chi connectivity index (χ1) is 11.2. The molecule has 0 amide bonds. The third-order valence-electron chi connectivity index (χ3n) is 3.86. The normalized spacial score (nSPS) is 10.9. The van der Waals surface area contributed by atoms with Gasteiger partial charge in [-0.25, -0.2) is 4.68 Å². The Morgan fingerprint density at radius 3 is 2.30 bits per heavy atom. The number of rotatable bonds is 5. The van der Waals surface area contributed by atoms with Crippen LogP contribution >= 0.6 is 0 Å². The molecule has 3 aromatic rings. The Bertz CT molecular complexity index is 777. The highest BCUT2D eigenvalue weighted by molar-refractivity contribution is 5.38. The van der Waals surface area contributed by atoms with Gasteiger partial charge in [0.25, 0.3) is 0 Å². The van der Waals surface area contributed by atoms with Crippen molar-refractivity contribution in [2.75, 3.05) is 0 Å². The van der Waals surface area contributed by atoms with Gasteiger partial charge >= 0.3 is 0 Å². The highest BCUT2D eigenvalue weighted by Gasteiger charge is 2.13. The number of aromatic hydroxyl groups is 1. The molecule has 23 heavy (non-hydrogen) atoms. The first-order valence-corrected chi connectivity index (χ1v) is 7.56. The van der Waals surface area contributed by atoms with E-state index in [9.17, 15) is 10.2 Å². The molecule has 1 heterocycles. The van der Waals surface area contributed by atoms with E-state index in [1.165, 1.54) is 11.1 Å². The summed E-state index contributed by atoms with van der Waals surface area (Å²) < 4.78 is 1.72. The number of aliphatic hydroxyl groups excluding tert-OH is 1. The molecule has 3 rings (SSSR count). The molecule has 0 atom stereocenters. The van der Waals surface area contributed by atoms with Crippen molar-refractivity contribution >= 4 is 0 Å². The Labute approximate surface area is 134 Å². The lowest BCUT2D eigenvalue weighted by Crippen LogP contribution is -2.05. The van der Waals surface area contributed by atoms with Crippen LogP contribution in [0.1, 0.15) is 22.5 Å². The molecule has 0 aliphatic heterocycles. The van der Waals surface area contributed by atoms with E-state index >= 15 is 0 Å². The van der Waals surface area contributed by atoms with Crippen LogP contribution in [-0.2, 0) is 19.4 Å². The smallest absolute Gasteiger partial charge is 0.115 e. The number of aromatic nitrogens is 3. The quantitative estimate of drug-likeness (QED) is 0.760. The predicted molar refractivity (Wildman–Crippen MR) is 87.5 cm³/mol. The largest absolute Gasteiger partial charge is 0.508 e. The minimum absolute atomic E-state index is 0.138. The minimum Gasteiger partial charge on any atom is -0.508 e. The summed E-state index contributed by atoms with van der Waals surface area (Å²) in [5.41, 5.74) is 4.76. The van der Waals surface area contributed by atoms with Gasteiger partial charge in [-0.1, -0.05) is 35.0 Å². The lowest BCUT2D eigenvalue weighted by Gasteiger charge is -2.08. The van der Waals surface area contributed by atoms with Crippen molar-refractivity contribution in [2.45, 2.75) is 26.4 Å². The SMILES string of the molecule is Cc1ccc(CCc2c(CO)nnn2-c2ccc(O)cc2)cc1. The average Bonchev–Trinajstić information content (AvgIpc) is 2.98. The van der Waals surface area contributed by atoms with Gasteiger partial charge < -0.3 is 10.2 Å². The average molecular weight is 309 g/mol. The monoisotopic (exact) mass is 309 g/mol. The summed E-state index contributed by atoms with van der Waals surface area (Å²) in [5.74, 6) is 0.206. The van der Waals surface area contributed by atoms with Crippen molar-refractivity contribution in [3.05, 3.63) is 71.0 Å². The second-order valence-electron chi connectivity index (χ2n) is 5.55. The lowest BCUT2D eigenvalue weighted by atomic mass is 10.1. The van der Waals surface area contributed by atoms with Gasteiger partial charge in [-0.15, -0.1) is 5.10 Å². The minimum atomic E-state index is -0.138. The molecule has 1 aromatic heterocycles. The summed E-state index contributed by atoms with van der Waals surface area (Å²) in [6.07, 6.45) is 1.57. The summed E-state index contributed by atoms with van der Waals surface area (Å²) in [7, 11) is 0. The number of aliphatic hydroxyl groups is 1. The van der Waals surface area contributed by atoms with Crippen LogP contribution in [0.2, 0.25) is 0 Å². The van der Waals surface area contributed by atoms with Gasteiger partial charge in [0.05, 0.1) is 18.0 Å². The van der Waals surface area contributed by atoms with Crippen molar-refractivity contribution in [3.63, 3.8) is 0 Å². The molecule has 0 aliphatic carbocycles. The zero-order valence-electron chi connectivity index (χ0n) is 13.0. The van der Waals surface area contributed by atoms with E-state index in [1.54, 1.807) is 28.9 Å². The number of benzene rings is 2. The lowest BCUT2D eigenvalue weighted by molar-refractivity contribution is 0.275. The molecule has 2 aromatic carbocycles. The summed E-state index contributed by atoms with van der Waals surface area (Å²) in [5, 5.41) is 27.1. The Morgan fingerprint density at radius 2 is 1.65 bits per heavy atom. The highest BCUT2D eigenvalue weighted by Crippen LogP contribution is 2.18. The Morgan fingerprint density at radius 1 is 0.957 bits per heavy atom. The fourth-order valence-corrected chi connectivity index (χ4v) is 2.52. The Balaban J connectivity index is 1.86. The molecule has 0 spiro atoms. The molecule has 2 N–H and O–H groups in total. The summed E-state index contributed by atoms with van der Waals surface area (Å²) in [6, 6.07) is 15.2. The van der Waals surface area contributed by atoms with E-state index in [-0.39, 0.29) is 12.4 Å². The number of phenols is 1. The van der Waals surface area contributed by atoms with Crippen molar-refractivity contribution in [3.8, 4) is 11.4 Å². The maximum Gasteiger partial charge on any atom is 0.115 e. The van der Waals surface area contributed by atoms with Crippen LogP contribution in [0, 0.1) is 6.92 Å². The van der Waals surface area contributed by atoms with Gasteiger partial charge in [-0.2, -0.15) is 0 Å². The molecule has 0 unspecified atom stereocenters. The molecular weight excluding hydrogens is 290 g/mol. The second kappa shape index (κ2) is 6.62. The summed E-state index contributed by atoms with van der Waals surface area (Å²) in [4.78, 5) is 0. The van der Waals surface area contributed by atoms with E-state index in [2.05, 4.69) is 41.5 Å². The number of hydrogen-bond donors (Lipinski definition) is 2. The van der Waals surface area contributed by atoms with E-state index in [4.69, 9.17) is 0 Å². The first-order valence-electron chi connectivity index (χ1n) is 7.56. The molecule has 0 saturated heterocycles. The van der Waals surface area contributed by atoms with E-state index in [0.717, 1.165) is 24.2 Å². The van der Waals surface area contributed by atoms with E-state index in [1.807, 2.05) is 0 Å². The molecule has 0 saturated carbocycles. The Hall–Kier alpha value is -2.66. The van der Waals surface area contributed by atoms with Gasteiger partial charge in [0.2, 0.25) is 0 Å². The van der Waals surface area contributed by atoms with Crippen LogP contribution in [0.15, 0.2) is 48.5 Å². The standard InChI is InChI=1S/C18H19N3O2/c1-13-2-4-14(5-3-13)6-11-18-17(12-22)19-20-21(18)15-7-9-16(23)10-8-15/h2-5,7-10,22-23H,6,11-12H2,1H3. The zero-order valence-corrected chi connectivity index (χ0v) is 13.0. The number of aryl methyl sites for hydroxylation is 2.